The van der Waals surface area contributed by atoms with Crippen LogP contribution in [-0.2, 0) is 0 Å². The van der Waals surface area contributed by atoms with E-state index < -0.39 is 11.6 Å². The average molecular weight is 486 g/mol. The summed E-state index contributed by atoms with van der Waals surface area (Å²) in [5.41, 5.74) is 6.33. The van der Waals surface area contributed by atoms with Crippen LogP contribution in [0.2, 0.25) is 5.02 Å². The summed E-state index contributed by atoms with van der Waals surface area (Å²) < 4.78 is 36.2. The van der Waals surface area contributed by atoms with Crippen LogP contribution in [0.5, 0.6) is 6.01 Å². The van der Waals surface area contributed by atoms with Gasteiger partial charge in [0.05, 0.1) is 15.3 Å². The van der Waals surface area contributed by atoms with E-state index in [1.54, 1.807) is 6.07 Å². The summed E-state index contributed by atoms with van der Waals surface area (Å²) in [6, 6.07) is 6.47. The highest BCUT2D eigenvalue weighted by Crippen LogP contribution is 2.44. The van der Waals surface area contributed by atoms with Crippen LogP contribution in [0, 0.1) is 23.0 Å². The smallest absolute Gasteiger partial charge is 0.317 e. The van der Waals surface area contributed by atoms with E-state index in [1.165, 1.54) is 18.3 Å². The van der Waals surface area contributed by atoms with E-state index in [0.29, 0.717) is 12.0 Å². The first-order valence-electron chi connectivity index (χ1n) is 10.3. The van der Waals surface area contributed by atoms with Crippen LogP contribution in [0.1, 0.15) is 18.4 Å². The summed E-state index contributed by atoms with van der Waals surface area (Å²) in [6.07, 6.45) is 3.57. The summed E-state index contributed by atoms with van der Waals surface area (Å²) in [4.78, 5) is 10.7. The number of benzene rings is 2. The molecule has 0 amide bonds. The number of hydrogen-bond acceptors (Lipinski definition) is 7. The number of likely N-dealkylation sites (tertiary alicyclic amines) is 1. The SMILES string of the molecule is CN1CCC[C@H]1COc1ncc2cc(Cl)c(-c3ccc(F)c4sc(N)c(C#N)c34)c(F)c2n1. The maximum Gasteiger partial charge on any atom is 0.317 e. The van der Waals surface area contributed by atoms with Gasteiger partial charge in [-0.05, 0) is 44.1 Å². The van der Waals surface area contributed by atoms with E-state index in [1.807, 2.05) is 13.1 Å². The Labute approximate surface area is 197 Å². The van der Waals surface area contributed by atoms with Crippen LogP contribution in [-0.4, -0.2) is 41.1 Å². The van der Waals surface area contributed by atoms with Gasteiger partial charge in [-0.25, -0.2) is 13.8 Å². The molecule has 4 aromatic rings. The molecule has 0 unspecified atom stereocenters. The molecule has 2 N–H and O–H groups in total. The number of halogens is 3. The van der Waals surface area contributed by atoms with Crippen LogP contribution >= 0.6 is 22.9 Å². The van der Waals surface area contributed by atoms with Crippen molar-refractivity contribution < 1.29 is 13.5 Å². The van der Waals surface area contributed by atoms with Crippen molar-refractivity contribution in [3.05, 3.63) is 46.6 Å². The minimum Gasteiger partial charge on any atom is -0.462 e. The Morgan fingerprint density at radius 3 is 2.94 bits per heavy atom. The van der Waals surface area contributed by atoms with E-state index >= 15 is 4.39 Å². The van der Waals surface area contributed by atoms with Gasteiger partial charge < -0.3 is 15.4 Å². The van der Waals surface area contributed by atoms with Crippen molar-refractivity contribution in [1.29, 1.82) is 5.26 Å². The molecule has 1 aliphatic heterocycles. The van der Waals surface area contributed by atoms with Gasteiger partial charge >= 0.3 is 6.01 Å². The fraction of sp³-hybridized carbons (Fsp3) is 0.261. The number of nitrogens with two attached hydrogens (primary N) is 1. The Kier molecular flexibility index (Phi) is 5.52. The molecule has 5 rings (SSSR count). The molecule has 0 radical (unpaired) electrons. The normalized spacial score (nSPS) is 16.5. The molecule has 6 nitrogen and oxygen atoms in total. The van der Waals surface area contributed by atoms with Crippen molar-refractivity contribution in [1.82, 2.24) is 14.9 Å². The summed E-state index contributed by atoms with van der Waals surface area (Å²) in [6.45, 7) is 1.41. The van der Waals surface area contributed by atoms with Crippen molar-refractivity contribution in [2.75, 3.05) is 25.9 Å². The summed E-state index contributed by atoms with van der Waals surface area (Å²) in [7, 11) is 2.03. The minimum absolute atomic E-state index is 0.0173. The first kappa shape index (κ1) is 21.8. The maximum atomic E-state index is 15.8. The third-order valence-corrected chi connectivity index (χ3v) is 7.34. The third-order valence-electron chi connectivity index (χ3n) is 6.02. The van der Waals surface area contributed by atoms with Gasteiger partial charge in [-0.2, -0.15) is 10.2 Å². The zero-order valence-corrected chi connectivity index (χ0v) is 19.1. The van der Waals surface area contributed by atoms with Crippen molar-refractivity contribution in [3.8, 4) is 23.2 Å². The van der Waals surface area contributed by atoms with Gasteiger partial charge in [0.15, 0.2) is 5.82 Å². The molecule has 0 saturated carbocycles. The van der Waals surface area contributed by atoms with Crippen LogP contribution in [0.25, 0.3) is 32.1 Å². The minimum atomic E-state index is -0.704. The molecule has 3 heterocycles. The molecule has 2 aromatic carbocycles. The van der Waals surface area contributed by atoms with Crippen molar-refractivity contribution in [2.24, 2.45) is 0 Å². The van der Waals surface area contributed by atoms with Crippen LogP contribution in [0.3, 0.4) is 0 Å². The molecule has 33 heavy (non-hydrogen) atoms. The molecular formula is C23H18ClF2N5OS. The monoisotopic (exact) mass is 485 g/mol. The van der Waals surface area contributed by atoms with Gasteiger partial charge in [-0.1, -0.05) is 17.7 Å². The van der Waals surface area contributed by atoms with E-state index in [4.69, 9.17) is 22.1 Å². The number of aromatic nitrogens is 2. The molecule has 10 heteroatoms. The molecule has 1 aliphatic rings. The summed E-state index contributed by atoms with van der Waals surface area (Å²) in [5, 5.41) is 10.4. The highest BCUT2D eigenvalue weighted by atomic mass is 35.5. The molecule has 1 saturated heterocycles. The Bertz CT molecular complexity index is 1450. The van der Waals surface area contributed by atoms with Gasteiger partial charge in [0.1, 0.15) is 29.0 Å². The lowest BCUT2D eigenvalue weighted by molar-refractivity contribution is 0.188. The van der Waals surface area contributed by atoms with Crippen molar-refractivity contribution >= 4 is 48.9 Å². The highest BCUT2D eigenvalue weighted by Gasteiger charge is 2.24. The topological polar surface area (TPSA) is 88.1 Å². The molecule has 0 spiro atoms. The van der Waals surface area contributed by atoms with E-state index in [0.717, 1.165) is 30.7 Å². The van der Waals surface area contributed by atoms with Gasteiger partial charge in [0.25, 0.3) is 0 Å². The number of thiophene rings is 1. The lowest BCUT2D eigenvalue weighted by Crippen LogP contribution is -2.30. The van der Waals surface area contributed by atoms with E-state index in [-0.39, 0.29) is 54.4 Å². The Balaban J connectivity index is 1.64. The van der Waals surface area contributed by atoms with Gasteiger partial charge in [0.2, 0.25) is 0 Å². The predicted octanol–water partition coefficient (Wildman–Crippen LogP) is 5.37. The number of likely N-dealkylation sites (N-methyl/N-ethyl adjacent to an activating group) is 1. The molecule has 1 fully saturated rings. The van der Waals surface area contributed by atoms with Gasteiger partial charge in [-0.3, -0.25) is 0 Å². The number of nitriles is 1. The highest BCUT2D eigenvalue weighted by molar-refractivity contribution is 7.23. The second kappa shape index (κ2) is 8.37. The van der Waals surface area contributed by atoms with Crippen molar-refractivity contribution in [3.63, 3.8) is 0 Å². The predicted molar refractivity (Wildman–Crippen MR) is 126 cm³/mol. The number of fused-ring (bicyclic) bond motifs is 2. The molecular weight excluding hydrogens is 468 g/mol. The van der Waals surface area contributed by atoms with Gasteiger partial charge in [0, 0.05) is 28.6 Å². The first-order chi connectivity index (χ1) is 15.9. The fourth-order valence-electron chi connectivity index (χ4n) is 4.27. The number of nitrogen functional groups attached to an aromatic ring is 1. The third kappa shape index (κ3) is 3.64. The molecule has 0 bridgehead atoms. The van der Waals surface area contributed by atoms with Crippen LogP contribution in [0.4, 0.5) is 13.8 Å². The van der Waals surface area contributed by atoms with E-state index in [2.05, 4.69) is 14.9 Å². The number of nitrogens with zero attached hydrogens (tertiary/aromatic N) is 4. The Morgan fingerprint density at radius 1 is 1.39 bits per heavy atom. The number of ether oxygens (including phenoxy) is 1. The second-order valence-corrected chi connectivity index (χ2v) is 9.44. The second-order valence-electron chi connectivity index (χ2n) is 7.98. The average Bonchev–Trinajstić information content (AvgIpc) is 3.36. The standard InChI is InChI=1S/C23H18ClF2N5OS/c1-31-6-2-3-12(31)10-32-23-29-9-11-7-15(24)18(19(26)20(11)30-23)13-4-5-16(25)21-17(13)14(8-27)22(28)33-21/h4-5,7,9,12H,2-3,6,10,28H2,1H3/t12-/m0/s1. The Morgan fingerprint density at radius 2 is 2.21 bits per heavy atom. The number of anilines is 1. The quantitative estimate of drug-likeness (QED) is 0.418. The summed E-state index contributed by atoms with van der Waals surface area (Å²) >= 11 is 7.39. The van der Waals surface area contributed by atoms with Crippen LogP contribution < -0.4 is 10.5 Å². The zero-order valence-electron chi connectivity index (χ0n) is 17.5. The van der Waals surface area contributed by atoms with Crippen molar-refractivity contribution in [2.45, 2.75) is 18.9 Å². The largest absolute Gasteiger partial charge is 0.462 e. The molecule has 0 aliphatic carbocycles. The first-order valence-corrected chi connectivity index (χ1v) is 11.5. The molecule has 168 valence electrons. The molecule has 2 aromatic heterocycles. The number of hydrogen-bond donors (Lipinski definition) is 1. The Hall–Kier alpha value is -3.06. The number of rotatable bonds is 4. The zero-order chi connectivity index (χ0) is 23.3. The molecule has 1 atom stereocenters. The maximum absolute atomic E-state index is 15.8. The van der Waals surface area contributed by atoms with E-state index in [9.17, 15) is 9.65 Å². The fourth-order valence-corrected chi connectivity index (χ4v) is 5.53. The van der Waals surface area contributed by atoms with Gasteiger partial charge in [-0.15, -0.1) is 11.3 Å². The summed E-state index contributed by atoms with van der Waals surface area (Å²) in [5.74, 6) is -1.25. The lowest BCUT2D eigenvalue weighted by atomic mass is 9.97. The lowest BCUT2D eigenvalue weighted by Gasteiger charge is -2.19. The van der Waals surface area contributed by atoms with Crippen LogP contribution in [0.15, 0.2) is 24.4 Å².